The van der Waals surface area contributed by atoms with Crippen LogP contribution in [0, 0.1) is 15.9 Å². The number of nitrogens with one attached hydrogen (secondary N) is 1. The first kappa shape index (κ1) is 20.0. The minimum Gasteiger partial charge on any atom is -0.497 e. The number of carbonyl (C=O) groups excluding carboxylic acids is 1. The first-order valence-corrected chi connectivity index (χ1v) is 8.90. The monoisotopic (exact) mass is 394 g/mol. The highest BCUT2D eigenvalue weighted by Gasteiger charge is 2.18. The van der Waals surface area contributed by atoms with Gasteiger partial charge in [0.2, 0.25) is 0 Å². The van der Waals surface area contributed by atoms with Crippen molar-refractivity contribution >= 4 is 17.2 Å². The average Bonchev–Trinajstić information content (AvgIpc) is 2.73. The van der Waals surface area contributed by atoms with Crippen molar-refractivity contribution in [1.82, 2.24) is 0 Å². The Kier molecular flexibility index (Phi) is 6.19. The van der Waals surface area contributed by atoms with E-state index in [2.05, 4.69) is 5.32 Å². The van der Waals surface area contributed by atoms with Crippen LogP contribution in [-0.4, -0.2) is 17.8 Å². The molecular formula is C22H19FN2O4. The minimum atomic E-state index is -0.474. The van der Waals surface area contributed by atoms with E-state index < -0.39 is 16.8 Å². The van der Waals surface area contributed by atoms with E-state index in [9.17, 15) is 19.3 Å². The van der Waals surface area contributed by atoms with Gasteiger partial charge in [0, 0.05) is 29.8 Å². The van der Waals surface area contributed by atoms with Crippen molar-refractivity contribution in [2.24, 2.45) is 0 Å². The molecule has 0 spiro atoms. The third-order valence-electron chi connectivity index (χ3n) is 4.47. The number of nitro groups is 1. The van der Waals surface area contributed by atoms with E-state index in [0.29, 0.717) is 11.4 Å². The Morgan fingerprint density at radius 3 is 2.38 bits per heavy atom. The molecule has 0 aliphatic heterocycles. The fourth-order valence-electron chi connectivity index (χ4n) is 2.93. The highest BCUT2D eigenvalue weighted by Crippen LogP contribution is 2.27. The quantitative estimate of drug-likeness (QED) is 0.324. The summed E-state index contributed by atoms with van der Waals surface area (Å²) in [5.41, 5.74) is 1.72. The van der Waals surface area contributed by atoms with Crippen LogP contribution >= 0.6 is 0 Å². The van der Waals surface area contributed by atoms with Gasteiger partial charge in [-0.1, -0.05) is 24.3 Å². The number of nitrogens with zero attached hydrogens (tertiary/aromatic N) is 1. The maximum absolute atomic E-state index is 13.5. The van der Waals surface area contributed by atoms with Crippen molar-refractivity contribution in [3.63, 3.8) is 0 Å². The van der Waals surface area contributed by atoms with Crippen LogP contribution in [0.4, 0.5) is 15.8 Å². The highest BCUT2D eigenvalue weighted by molar-refractivity contribution is 5.96. The molecule has 3 aromatic carbocycles. The summed E-state index contributed by atoms with van der Waals surface area (Å²) in [5, 5.41) is 14.1. The zero-order valence-corrected chi connectivity index (χ0v) is 15.7. The van der Waals surface area contributed by atoms with Crippen molar-refractivity contribution in [2.75, 3.05) is 12.4 Å². The summed E-state index contributed by atoms with van der Waals surface area (Å²) < 4.78 is 18.7. The molecule has 148 valence electrons. The first-order valence-electron chi connectivity index (χ1n) is 8.90. The number of hydrogen-bond donors (Lipinski definition) is 1. The van der Waals surface area contributed by atoms with E-state index in [1.54, 1.807) is 37.4 Å². The third kappa shape index (κ3) is 5.16. The normalized spacial score (nSPS) is 11.5. The number of hydrogen-bond acceptors (Lipinski definition) is 5. The summed E-state index contributed by atoms with van der Waals surface area (Å²) in [6.45, 7) is 0. The molecule has 0 aliphatic rings. The fraction of sp³-hybridized carbons (Fsp3) is 0.136. The van der Waals surface area contributed by atoms with Crippen molar-refractivity contribution in [1.29, 1.82) is 0 Å². The molecule has 0 aromatic heterocycles. The molecule has 0 heterocycles. The number of nitro benzene ring substituents is 1. The Labute approximate surface area is 167 Å². The molecule has 6 nitrogen and oxygen atoms in total. The van der Waals surface area contributed by atoms with E-state index in [1.165, 1.54) is 30.3 Å². The number of rotatable bonds is 8. The van der Waals surface area contributed by atoms with Crippen molar-refractivity contribution in [3.8, 4) is 5.75 Å². The zero-order chi connectivity index (χ0) is 20.8. The summed E-state index contributed by atoms with van der Waals surface area (Å²) in [7, 11) is 1.56. The number of methoxy groups -OCH3 is 1. The Hall–Kier alpha value is -3.74. The number of carbonyl (C=O) groups is 1. The number of Topliss-reactive ketones (excluding diaryl/α,β-unsaturated/α-hetero) is 1. The van der Waals surface area contributed by atoms with Gasteiger partial charge in [-0.05, 0) is 42.0 Å². The number of ether oxygens (including phenoxy) is 1. The molecular weight excluding hydrogens is 375 g/mol. The van der Waals surface area contributed by atoms with Crippen molar-refractivity contribution < 1.29 is 18.8 Å². The molecule has 3 aromatic rings. The van der Waals surface area contributed by atoms with Crippen LogP contribution < -0.4 is 10.1 Å². The molecule has 0 bridgehead atoms. The molecule has 0 saturated carbocycles. The molecule has 1 unspecified atom stereocenters. The lowest BCUT2D eigenvalue weighted by atomic mass is 9.97. The summed E-state index contributed by atoms with van der Waals surface area (Å²) in [4.78, 5) is 23.1. The Balaban J connectivity index is 1.86. The molecule has 3 rings (SSSR count). The molecule has 0 fully saturated rings. The number of halogens is 1. The highest BCUT2D eigenvalue weighted by atomic mass is 19.1. The molecule has 1 N–H and O–H groups in total. The second-order valence-corrected chi connectivity index (χ2v) is 6.41. The van der Waals surface area contributed by atoms with E-state index in [4.69, 9.17) is 4.74 Å². The summed E-state index contributed by atoms with van der Waals surface area (Å²) >= 11 is 0. The summed E-state index contributed by atoms with van der Waals surface area (Å²) in [6, 6.07) is 18.3. The van der Waals surface area contributed by atoms with Gasteiger partial charge in [0.15, 0.2) is 5.78 Å². The predicted molar refractivity (Wildman–Crippen MR) is 108 cm³/mol. The number of non-ortho nitro benzene ring substituents is 1. The third-order valence-corrected chi connectivity index (χ3v) is 4.47. The second kappa shape index (κ2) is 8.97. The molecule has 1 atom stereocenters. The van der Waals surface area contributed by atoms with Crippen LogP contribution in [0.2, 0.25) is 0 Å². The first-order chi connectivity index (χ1) is 14.0. The van der Waals surface area contributed by atoms with Gasteiger partial charge in [0.05, 0.1) is 18.1 Å². The van der Waals surface area contributed by atoms with Crippen LogP contribution in [0.25, 0.3) is 0 Å². The van der Waals surface area contributed by atoms with E-state index >= 15 is 0 Å². The lowest BCUT2D eigenvalue weighted by Crippen LogP contribution is -2.16. The SMILES string of the molecule is COc1ccc(C(CC(=O)c2cccc(F)c2)Nc2ccc([N+](=O)[O-])cc2)cc1. The largest absolute Gasteiger partial charge is 0.497 e. The van der Waals surface area contributed by atoms with Gasteiger partial charge >= 0.3 is 0 Å². The number of benzene rings is 3. The Morgan fingerprint density at radius 2 is 1.79 bits per heavy atom. The van der Waals surface area contributed by atoms with Crippen LogP contribution in [0.15, 0.2) is 72.8 Å². The minimum absolute atomic E-state index is 0.0209. The van der Waals surface area contributed by atoms with Gasteiger partial charge in [-0.15, -0.1) is 0 Å². The molecule has 7 heteroatoms. The van der Waals surface area contributed by atoms with Gasteiger partial charge in [0.1, 0.15) is 11.6 Å². The summed E-state index contributed by atoms with van der Waals surface area (Å²) in [5.74, 6) is -0.0146. The molecule has 0 radical (unpaired) electrons. The molecule has 0 amide bonds. The van der Waals surface area contributed by atoms with Crippen LogP contribution in [0.5, 0.6) is 5.75 Å². The second-order valence-electron chi connectivity index (χ2n) is 6.41. The average molecular weight is 394 g/mol. The fourth-order valence-corrected chi connectivity index (χ4v) is 2.93. The van der Waals surface area contributed by atoms with E-state index in [-0.39, 0.29) is 23.5 Å². The maximum Gasteiger partial charge on any atom is 0.269 e. The number of ketones is 1. The molecule has 29 heavy (non-hydrogen) atoms. The predicted octanol–water partition coefficient (Wildman–Crippen LogP) is 5.17. The lowest BCUT2D eigenvalue weighted by Gasteiger charge is -2.20. The van der Waals surface area contributed by atoms with Crippen LogP contribution in [-0.2, 0) is 0 Å². The van der Waals surface area contributed by atoms with Crippen molar-refractivity contribution in [2.45, 2.75) is 12.5 Å². The van der Waals surface area contributed by atoms with Crippen LogP contribution in [0.1, 0.15) is 28.4 Å². The summed E-state index contributed by atoms with van der Waals surface area (Å²) in [6.07, 6.45) is 0.0762. The zero-order valence-electron chi connectivity index (χ0n) is 15.7. The van der Waals surface area contributed by atoms with Gasteiger partial charge in [-0.2, -0.15) is 0 Å². The Morgan fingerprint density at radius 1 is 1.10 bits per heavy atom. The maximum atomic E-state index is 13.5. The van der Waals surface area contributed by atoms with Gasteiger partial charge in [-0.25, -0.2) is 4.39 Å². The Bertz CT molecular complexity index is 1000. The van der Waals surface area contributed by atoms with E-state index in [1.807, 2.05) is 12.1 Å². The van der Waals surface area contributed by atoms with Gasteiger partial charge < -0.3 is 10.1 Å². The molecule has 0 aliphatic carbocycles. The topological polar surface area (TPSA) is 81.5 Å². The standard InChI is InChI=1S/C22H19FN2O4/c1-29-20-11-5-15(6-12-20)21(14-22(26)16-3-2-4-17(23)13-16)24-18-7-9-19(10-8-18)25(27)28/h2-13,21,24H,14H2,1H3. The van der Waals surface area contributed by atoms with Gasteiger partial charge in [0.25, 0.3) is 5.69 Å². The van der Waals surface area contributed by atoms with E-state index in [0.717, 1.165) is 5.56 Å². The molecule has 0 saturated heterocycles. The lowest BCUT2D eigenvalue weighted by molar-refractivity contribution is -0.384. The van der Waals surface area contributed by atoms with Crippen molar-refractivity contribution in [3.05, 3.63) is 99.9 Å². The number of anilines is 1. The van der Waals surface area contributed by atoms with Crippen LogP contribution in [0.3, 0.4) is 0 Å². The smallest absolute Gasteiger partial charge is 0.269 e. The van der Waals surface area contributed by atoms with Gasteiger partial charge in [-0.3, -0.25) is 14.9 Å².